The van der Waals surface area contributed by atoms with E-state index >= 15 is 0 Å². The van der Waals surface area contributed by atoms with Gasteiger partial charge in [0, 0.05) is 39.9 Å². The van der Waals surface area contributed by atoms with Crippen molar-refractivity contribution in [1.29, 1.82) is 0 Å². The quantitative estimate of drug-likeness (QED) is 0.272. The summed E-state index contributed by atoms with van der Waals surface area (Å²) in [6, 6.07) is 0. The second-order valence-electron chi connectivity index (χ2n) is 6.66. The van der Waals surface area contributed by atoms with Crippen LogP contribution in [0.5, 0.6) is 0 Å². The Kier molecular flexibility index (Phi) is 10.4. The predicted molar refractivity (Wildman–Crippen MR) is 103 cm³/mol. The van der Waals surface area contributed by atoms with E-state index in [1.807, 2.05) is 6.92 Å². The number of ether oxygens (including phenoxy) is 1. The van der Waals surface area contributed by atoms with Gasteiger partial charge in [-0.25, -0.2) is 13.1 Å². The maximum atomic E-state index is 11.4. The first-order valence-electron chi connectivity index (χ1n) is 9.46. The van der Waals surface area contributed by atoms with Crippen molar-refractivity contribution in [3.63, 3.8) is 0 Å². The number of sulfonamides is 1. The van der Waals surface area contributed by atoms with Gasteiger partial charge >= 0.3 is 0 Å². The molecular weight excluding hydrogens is 340 g/mol. The van der Waals surface area contributed by atoms with Crippen LogP contribution in [0.2, 0.25) is 0 Å². The molecule has 1 fully saturated rings. The van der Waals surface area contributed by atoms with Gasteiger partial charge in [-0.2, -0.15) is 0 Å². The number of nitrogens with zero attached hydrogens (tertiary/aromatic N) is 1. The molecule has 0 aromatic carbocycles. The third-order valence-electron chi connectivity index (χ3n) is 4.85. The van der Waals surface area contributed by atoms with Crippen LogP contribution >= 0.6 is 0 Å². The third-order valence-corrected chi connectivity index (χ3v) is 6.25. The van der Waals surface area contributed by atoms with E-state index in [1.54, 1.807) is 14.0 Å². The smallest absolute Gasteiger partial charge is 0.211 e. The van der Waals surface area contributed by atoms with Crippen LogP contribution in [-0.4, -0.2) is 60.0 Å². The average Bonchev–Trinajstić information content (AvgIpc) is 3.06. The van der Waals surface area contributed by atoms with Gasteiger partial charge in [0.05, 0.1) is 5.75 Å². The van der Waals surface area contributed by atoms with E-state index in [2.05, 4.69) is 20.3 Å². The van der Waals surface area contributed by atoms with Gasteiger partial charge in [-0.15, -0.1) is 0 Å². The fourth-order valence-electron chi connectivity index (χ4n) is 3.19. The number of aliphatic imine (C=N–C) groups is 1. The molecule has 25 heavy (non-hydrogen) atoms. The SMILES string of the molecule is CCOCCC1(CNC(=NC)NCCCNS(=O)(=O)CC)CCCC1. The summed E-state index contributed by atoms with van der Waals surface area (Å²) in [5.41, 5.74) is 0.309. The van der Waals surface area contributed by atoms with E-state index in [4.69, 9.17) is 4.74 Å². The maximum absolute atomic E-state index is 11.4. The first kappa shape index (κ1) is 22.2. The summed E-state index contributed by atoms with van der Waals surface area (Å²) in [5, 5.41) is 6.70. The standard InChI is InChI=1S/C17H36N4O3S/c1-4-24-14-11-17(9-6-7-10-17)15-20-16(18-3)19-12-8-13-21-25(22,23)5-2/h21H,4-15H2,1-3H3,(H2,18,19,20). The highest BCUT2D eigenvalue weighted by atomic mass is 32.2. The van der Waals surface area contributed by atoms with Crippen molar-refractivity contribution < 1.29 is 13.2 Å². The first-order valence-corrected chi connectivity index (χ1v) is 11.1. The molecule has 148 valence electrons. The van der Waals surface area contributed by atoms with Crippen molar-refractivity contribution in [2.45, 2.75) is 52.4 Å². The fourth-order valence-corrected chi connectivity index (χ4v) is 3.85. The van der Waals surface area contributed by atoms with Crippen LogP contribution in [-0.2, 0) is 14.8 Å². The molecule has 0 spiro atoms. The lowest BCUT2D eigenvalue weighted by atomic mass is 9.83. The number of hydrogen-bond acceptors (Lipinski definition) is 4. The summed E-state index contributed by atoms with van der Waals surface area (Å²) >= 11 is 0. The molecule has 0 atom stereocenters. The second kappa shape index (κ2) is 11.7. The summed E-state index contributed by atoms with van der Waals surface area (Å²) in [7, 11) is -1.34. The molecule has 0 aromatic heterocycles. The molecule has 1 rings (SSSR count). The monoisotopic (exact) mass is 376 g/mol. The Hall–Kier alpha value is -0.860. The van der Waals surface area contributed by atoms with Crippen LogP contribution in [0.15, 0.2) is 4.99 Å². The van der Waals surface area contributed by atoms with Gasteiger partial charge in [-0.3, -0.25) is 4.99 Å². The minimum atomic E-state index is -3.10. The van der Waals surface area contributed by atoms with Crippen LogP contribution in [0.1, 0.15) is 52.4 Å². The highest BCUT2D eigenvalue weighted by molar-refractivity contribution is 7.89. The molecule has 0 saturated heterocycles. The van der Waals surface area contributed by atoms with Gasteiger partial charge in [0.25, 0.3) is 0 Å². The van der Waals surface area contributed by atoms with E-state index in [0.717, 1.165) is 38.6 Å². The molecule has 0 aromatic rings. The lowest BCUT2D eigenvalue weighted by Crippen LogP contribution is -2.44. The van der Waals surface area contributed by atoms with E-state index in [0.29, 0.717) is 18.5 Å². The van der Waals surface area contributed by atoms with Gasteiger partial charge in [0.1, 0.15) is 0 Å². The fraction of sp³-hybridized carbons (Fsp3) is 0.941. The highest BCUT2D eigenvalue weighted by Crippen LogP contribution is 2.40. The van der Waals surface area contributed by atoms with Crippen molar-refractivity contribution in [3.8, 4) is 0 Å². The Morgan fingerprint density at radius 1 is 1.16 bits per heavy atom. The van der Waals surface area contributed by atoms with E-state index in [9.17, 15) is 8.42 Å². The molecule has 0 bridgehead atoms. The van der Waals surface area contributed by atoms with E-state index < -0.39 is 10.0 Å². The maximum Gasteiger partial charge on any atom is 0.211 e. The molecule has 0 radical (unpaired) electrons. The van der Waals surface area contributed by atoms with Crippen molar-refractivity contribution >= 4 is 16.0 Å². The topological polar surface area (TPSA) is 91.8 Å². The summed E-state index contributed by atoms with van der Waals surface area (Å²) in [6.45, 7) is 7.29. The minimum absolute atomic E-state index is 0.119. The third kappa shape index (κ3) is 8.87. The molecule has 0 unspecified atom stereocenters. The normalized spacial score (nSPS) is 17.6. The van der Waals surface area contributed by atoms with Crippen LogP contribution in [0.4, 0.5) is 0 Å². The summed E-state index contributed by atoms with van der Waals surface area (Å²) in [5.74, 6) is 0.897. The predicted octanol–water partition coefficient (Wildman–Crippen LogP) is 1.47. The Morgan fingerprint density at radius 3 is 2.48 bits per heavy atom. The summed E-state index contributed by atoms with van der Waals surface area (Å²) < 4.78 is 30.9. The molecule has 1 aliphatic carbocycles. The number of hydrogen-bond donors (Lipinski definition) is 3. The van der Waals surface area contributed by atoms with Crippen LogP contribution in [0.25, 0.3) is 0 Å². The molecular formula is C17H36N4O3S. The van der Waals surface area contributed by atoms with Crippen LogP contribution < -0.4 is 15.4 Å². The molecule has 0 amide bonds. The van der Waals surface area contributed by atoms with Crippen molar-refractivity contribution in [3.05, 3.63) is 0 Å². The van der Waals surface area contributed by atoms with E-state index in [1.165, 1.54) is 25.7 Å². The van der Waals surface area contributed by atoms with Gasteiger partial charge in [0.2, 0.25) is 10.0 Å². The largest absolute Gasteiger partial charge is 0.382 e. The Bertz CT molecular complexity index is 488. The zero-order valence-electron chi connectivity index (χ0n) is 16.1. The van der Waals surface area contributed by atoms with Crippen molar-refractivity contribution in [2.75, 3.05) is 45.6 Å². The van der Waals surface area contributed by atoms with Crippen molar-refractivity contribution in [2.24, 2.45) is 10.4 Å². The molecule has 0 aliphatic heterocycles. The Labute approximate surface area is 153 Å². The van der Waals surface area contributed by atoms with Gasteiger partial charge in [-0.1, -0.05) is 12.8 Å². The number of rotatable bonds is 12. The Balaban J connectivity index is 2.30. The highest BCUT2D eigenvalue weighted by Gasteiger charge is 2.33. The van der Waals surface area contributed by atoms with Gasteiger partial charge in [-0.05, 0) is 44.9 Å². The van der Waals surface area contributed by atoms with Gasteiger partial charge < -0.3 is 15.4 Å². The summed E-state index contributed by atoms with van der Waals surface area (Å²) in [6.07, 6.45) is 6.86. The summed E-state index contributed by atoms with van der Waals surface area (Å²) in [4.78, 5) is 4.26. The zero-order chi connectivity index (χ0) is 18.6. The lowest BCUT2D eigenvalue weighted by Gasteiger charge is -2.30. The molecule has 0 heterocycles. The zero-order valence-corrected chi connectivity index (χ0v) is 16.9. The molecule has 1 aliphatic rings. The number of guanidine groups is 1. The molecule has 3 N–H and O–H groups in total. The number of nitrogens with one attached hydrogen (secondary N) is 3. The van der Waals surface area contributed by atoms with E-state index in [-0.39, 0.29) is 5.75 Å². The second-order valence-corrected chi connectivity index (χ2v) is 8.75. The van der Waals surface area contributed by atoms with Crippen LogP contribution in [0.3, 0.4) is 0 Å². The van der Waals surface area contributed by atoms with Gasteiger partial charge in [0.15, 0.2) is 5.96 Å². The Morgan fingerprint density at radius 2 is 1.88 bits per heavy atom. The minimum Gasteiger partial charge on any atom is -0.382 e. The molecule has 8 heteroatoms. The molecule has 1 saturated carbocycles. The lowest BCUT2D eigenvalue weighted by molar-refractivity contribution is 0.105. The molecule has 7 nitrogen and oxygen atoms in total. The first-order chi connectivity index (χ1) is 12.0. The average molecular weight is 377 g/mol. The van der Waals surface area contributed by atoms with Crippen LogP contribution in [0, 0.1) is 5.41 Å². The van der Waals surface area contributed by atoms with Crippen molar-refractivity contribution in [1.82, 2.24) is 15.4 Å².